The van der Waals surface area contributed by atoms with Crippen LogP contribution >= 0.6 is 15.9 Å². The second-order valence-corrected chi connectivity index (χ2v) is 9.65. The molecule has 1 aliphatic heterocycles. The molecule has 2 heterocycles. The number of aromatic nitrogens is 2. The van der Waals surface area contributed by atoms with Gasteiger partial charge in [0.15, 0.2) is 0 Å². The van der Waals surface area contributed by atoms with Gasteiger partial charge < -0.3 is 24.4 Å². The Labute approximate surface area is 202 Å². The van der Waals surface area contributed by atoms with Gasteiger partial charge in [-0.15, -0.1) is 0 Å². The van der Waals surface area contributed by atoms with E-state index in [-0.39, 0.29) is 18.2 Å². The topological polar surface area (TPSA) is 102 Å². The summed E-state index contributed by atoms with van der Waals surface area (Å²) in [7, 11) is 3.24. The monoisotopic (exact) mass is 519 g/mol. The molecule has 10 heteroatoms. The highest BCUT2D eigenvalue weighted by atomic mass is 79.9. The maximum Gasteiger partial charge on any atom is 0.410 e. The van der Waals surface area contributed by atoms with Gasteiger partial charge in [-0.1, -0.05) is 12.1 Å². The van der Waals surface area contributed by atoms with Crippen molar-refractivity contribution >= 4 is 27.8 Å². The van der Waals surface area contributed by atoms with Gasteiger partial charge in [-0.05, 0) is 60.8 Å². The Morgan fingerprint density at radius 1 is 1.30 bits per heavy atom. The van der Waals surface area contributed by atoms with E-state index in [1.54, 1.807) is 23.8 Å². The van der Waals surface area contributed by atoms with E-state index >= 15 is 0 Å². The molecule has 33 heavy (non-hydrogen) atoms. The number of anilines is 1. The number of halogens is 1. The number of hydrogen-bond acceptors (Lipinski definition) is 7. The van der Waals surface area contributed by atoms with Crippen molar-refractivity contribution in [2.45, 2.75) is 51.4 Å². The zero-order valence-corrected chi connectivity index (χ0v) is 21.2. The molecule has 1 amide bonds. The van der Waals surface area contributed by atoms with Gasteiger partial charge in [0.05, 0.1) is 25.8 Å². The molecule has 1 aliphatic rings. The second kappa shape index (κ2) is 10.4. The number of ether oxygens (including phenoxy) is 3. The molecule has 0 unspecified atom stereocenters. The Morgan fingerprint density at radius 3 is 2.58 bits per heavy atom. The van der Waals surface area contributed by atoms with Crippen molar-refractivity contribution < 1.29 is 19.0 Å². The molecule has 1 fully saturated rings. The van der Waals surface area contributed by atoms with Crippen molar-refractivity contribution in [1.29, 1.82) is 5.26 Å². The quantitative estimate of drug-likeness (QED) is 0.580. The van der Waals surface area contributed by atoms with Crippen LogP contribution in [0.1, 0.15) is 44.4 Å². The molecule has 1 aromatic carbocycles. The summed E-state index contributed by atoms with van der Waals surface area (Å²) in [6, 6.07) is 9.62. The Balaban J connectivity index is 1.84. The number of amides is 1. The predicted molar refractivity (Wildman–Crippen MR) is 127 cm³/mol. The number of carbonyl (C=O) groups is 1. The number of nitriles is 1. The van der Waals surface area contributed by atoms with Crippen LogP contribution in [0, 0.1) is 11.3 Å². The smallest absolute Gasteiger partial charge is 0.410 e. The Kier molecular flexibility index (Phi) is 7.87. The average Bonchev–Trinajstić information content (AvgIpc) is 3.32. The average molecular weight is 520 g/mol. The highest BCUT2D eigenvalue weighted by Crippen LogP contribution is 2.34. The van der Waals surface area contributed by atoms with Crippen molar-refractivity contribution in [3.63, 3.8) is 0 Å². The minimum atomic E-state index is -0.597. The van der Waals surface area contributed by atoms with Crippen LogP contribution in [0.15, 0.2) is 28.9 Å². The van der Waals surface area contributed by atoms with E-state index in [4.69, 9.17) is 14.2 Å². The normalized spacial score (nSPS) is 18.2. The van der Waals surface area contributed by atoms with Gasteiger partial charge in [0, 0.05) is 20.2 Å². The maximum absolute atomic E-state index is 12.8. The second-order valence-electron chi connectivity index (χ2n) is 8.90. The summed E-state index contributed by atoms with van der Waals surface area (Å²) in [5.41, 5.74) is 0.853. The van der Waals surface area contributed by atoms with Gasteiger partial charge in [-0.2, -0.15) is 10.4 Å². The standard InChI is InChI=1S/C23H30BrN5O4/c1-23(2,3)33-22(30)28-13-16(10-17(28)14-31-4)29-21(19(11-25)20(24)27-29)26-12-15-6-8-18(32-5)9-7-15/h6-9,16-17,26H,10,12-14H2,1-5H3/t16-,17+/m0/s1. The Bertz CT molecular complexity index is 1010. The van der Waals surface area contributed by atoms with E-state index in [1.807, 2.05) is 45.0 Å². The molecule has 3 rings (SSSR count). The molecule has 1 N–H and O–H groups in total. The first-order valence-electron chi connectivity index (χ1n) is 10.7. The highest BCUT2D eigenvalue weighted by Gasteiger charge is 2.40. The van der Waals surface area contributed by atoms with Gasteiger partial charge in [0.25, 0.3) is 0 Å². The van der Waals surface area contributed by atoms with Gasteiger partial charge in [-0.3, -0.25) is 0 Å². The van der Waals surface area contributed by atoms with E-state index in [9.17, 15) is 10.1 Å². The van der Waals surface area contributed by atoms with Crippen LogP contribution in [-0.2, 0) is 16.0 Å². The number of methoxy groups -OCH3 is 2. The van der Waals surface area contributed by atoms with Crippen molar-refractivity contribution in [2.75, 3.05) is 32.7 Å². The lowest BCUT2D eigenvalue weighted by Crippen LogP contribution is -2.41. The summed E-state index contributed by atoms with van der Waals surface area (Å²) in [5.74, 6) is 1.38. The molecule has 1 aromatic heterocycles. The lowest BCUT2D eigenvalue weighted by Gasteiger charge is -2.28. The molecular weight excluding hydrogens is 490 g/mol. The van der Waals surface area contributed by atoms with E-state index in [0.29, 0.717) is 42.1 Å². The van der Waals surface area contributed by atoms with Gasteiger partial charge in [-0.25, -0.2) is 9.48 Å². The first-order chi connectivity index (χ1) is 15.7. The predicted octanol–water partition coefficient (Wildman–Crippen LogP) is 4.33. The molecular formula is C23H30BrN5O4. The minimum absolute atomic E-state index is 0.144. The first-order valence-corrected chi connectivity index (χ1v) is 11.5. The molecule has 0 bridgehead atoms. The third kappa shape index (κ3) is 5.97. The third-order valence-electron chi connectivity index (χ3n) is 5.32. The van der Waals surface area contributed by atoms with Crippen LogP contribution in [0.5, 0.6) is 5.75 Å². The molecule has 0 radical (unpaired) electrons. The molecule has 9 nitrogen and oxygen atoms in total. The molecule has 0 aliphatic carbocycles. The fraction of sp³-hybridized carbons (Fsp3) is 0.522. The third-order valence-corrected chi connectivity index (χ3v) is 5.88. The fourth-order valence-corrected chi connectivity index (χ4v) is 4.28. The Hall–Kier alpha value is -2.77. The summed E-state index contributed by atoms with van der Waals surface area (Å²) in [5, 5.41) is 17.7. The largest absolute Gasteiger partial charge is 0.497 e. The number of nitrogens with zero attached hydrogens (tertiary/aromatic N) is 4. The zero-order chi connectivity index (χ0) is 24.2. The van der Waals surface area contributed by atoms with Crippen molar-refractivity contribution in [1.82, 2.24) is 14.7 Å². The highest BCUT2D eigenvalue weighted by molar-refractivity contribution is 9.10. The number of nitrogens with one attached hydrogen (secondary N) is 1. The van der Waals surface area contributed by atoms with Crippen LogP contribution in [0.25, 0.3) is 0 Å². The number of rotatable bonds is 7. The van der Waals surface area contributed by atoms with Crippen molar-refractivity contribution in [2.24, 2.45) is 0 Å². The van der Waals surface area contributed by atoms with E-state index in [2.05, 4.69) is 32.4 Å². The summed E-state index contributed by atoms with van der Waals surface area (Å²) in [4.78, 5) is 14.5. The lowest BCUT2D eigenvalue weighted by molar-refractivity contribution is 0.0145. The SMILES string of the molecule is COC[C@H]1C[C@H](n2nc(Br)c(C#N)c2NCc2ccc(OC)cc2)CN1C(=O)OC(C)(C)C. The summed E-state index contributed by atoms with van der Waals surface area (Å²) < 4.78 is 18.4. The molecule has 0 saturated carbocycles. The van der Waals surface area contributed by atoms with E-state index < -0.39 is 5.60 Å². The van der Waals surface area contributed by atoms with Crippen molar-refractivity contribution in [3.8, 4) is 11.8 Å². The van der Waals surface area contributed by atoms with Crippen molar-refractivity contribution in [3.05, 3.63) is 40.0 Å². The minimum Gasteiger partial charge on any atom is -0.497 e. The summed E-state index contributed by atoms with van der Waals surface area (Å²) >= 11 is 3.41. The molecule has 0 spiro atoms. The lowest BCUT2D eigenvalue weighted by atomic mass is 10.2. The fourth-order valence-electron chi connectivity index (χ4n) is 3.83. The number of likely N-dealkylation sites (tertiary alicyclic amines) is 1. The zero-order valence-electron chi connectivity index (χ0n) is 19.6. The van der Waals surface area contributed by atoms with Gasteiger partial charge >= 0.3 is 6.09 Å². The van der Waals surface area contributed by atoms with E-state index in [1.165, 1.54) is 0 Å². The maximum atomic E-state index is 12.8. The Morgan fingerprint density at radius 2 is 2.00 bits per heavy atom. The van der Waals surface area contributed by atoms with E-state index in [0.717, 1.165) is 11.3 Å². The first kappa shape index (κ1) is 24.9. The van der Waals surface area contributed by atoms with Gasteiger partial charge in [0.2, 0.25) is 0 Å². The van der Waals surface area contributed by atoms with Gasteiger partial charge in [0.1, 0.15) is 33.4 Å². The van der Waals surface area contributed by atoms with Crippen LogP contribution in [0.3, 0.4) is 0 Å². The van der Waals surface area contributed by atoms with Crippen LogP contribution < -0.4 is 10.1 Å². The number of benzene rings is 1. The van der Waals surface area contributed by atoms with Crippen LogP contribution in [0.2, 0.25) is 0 Å². The molecule has 2 aromatic rings. The number of carbonyl (C=O) groups excluding carboxylic acids is 1. The molecule has 1 saturated heterocycles. The molecule has 2 atom stereocenters. The summed E-state index contributed by atoms with van der Waals surface area (Å²) in [6.07, 6.45) is 0.245. The molecule has 178 valence electrons. The van der Waals surface area contributed by atoms with Crippen LogP contribution in [0.4, 0.5) is 10.6 Å². The number of hydrogen-bond donors (Lipinski definition) is 1. The van der Waals surface area contributed by atoms with Crippen LogP contribution in [-0.4, -0.2) is 59.8 Å². The summed E-state index contributed by atoms with van der Waals surface area (Å²) in [6.45, 7) is 6.82.